The Balaban J connectivity index is 1.67. The molecule has 0 bridgehead atoms. The number of aromatic hydroxyl groups is 1. The highest BCUT2D eigenvalue weighted by Crippen LogP contribution is 2.66. The first-order valence-electron chi connectivity index (χ1n) is 11.3. The number of phenolic OH excluding ortho intramolecular Hbond substituents is 1. The molecule has 6 rings (SSSR count). The molecule has 2 heterocycles. The lowest BCUT2D eigenvalue weighted by atomic mass is 9.56. The fraction of sp³-hybridized carbons (Fsp3) is 0.360. The number of halogens is 3. The van der Waals surface area contributed by atoms with Crippen molar-refractivity contribution in [2.75, 3.05) is 5.45 Å². The summed E-state index contributed by atoms with van der Waals surface area (Å²) in [5.41, 5.74) is 0.723. The van der Waals surface area contributed by atoms with Crippen LogP contribution in [0.15, 0.2) is 48.0 Å². The number of phenols is 1. The van der Waals surface area contributed by atoms with Crippen LogP contribution in [-0.4, -0.2) is 59.1 Å². The molecule has 36 heavy (non-hydrogen) atoms. The van der Waals surface area contributed by atoms with Gasteiger partial charge in [-0.2, -0.15) is 5.06 Å². The standard InChI is InChI=1S/C25H19BrCl2N2O6/c26-10-29-22(34)24(27)9-15-13(6-7-14-17(15)21(33)30(36)20(14)32)19(25(24,28)23(29)35)18-12-4-2-1-3-11(12)5-8-16(18)31/h1-6,8,14-15,17,19,31,36H,7,9-10H2/t14-,15+,17-,19+,24+,25-/m0/s1. The average molecular weight is 594 g/mol. The minimum atomic E-state index is -2.01. The zero-order valence-corrected chi connectivity index (χ0v) is 21.6. The van der Waals surface area contributed by atoms with Gasteiger partial charge in [0.05, 0.1) is 17.3 Å². The maximum Gasteiger partial charge on any atom is 0.257 e. The van der Waals surface area contributed by atoms with Gasteiger partial charge < -0.3 is 5.11 Å². The van der Waals surface area contributed by atoms with Crippen molar-refractivity contribution >= 4 is 73.5 Å². The van der Waals surface area contributed by atoms with E-state index in [0.29, 0.717) is 16.5 Å². The van der Waals surface area contributed by atoms with Gasteiger partial charge >= 0.3 is 0 Å². The highest BCUT2D eigenvalue weighted by molar-refractivity contribution is 9.09. The Hall–Kier alpha value is -2.46. The summed E-state index contributed by atoms with van der Waals surface area (Å²) in [6.45, 7) is 0. The molecule has 11 heteroatoms. The number of allylic oxidation sites excluding steroid dienone is 2. The lowest BCUT2D eigenvalue weighted by Crippen LogP contribution is -2.60. The minimum absolute atomic E-state index is 0.131. The number of amides is 4. The lowest BCUT2D eigenvalue weighted by Gasteiger charge is -2.51. The molecule has 186 valence electrons. The Morgan fingerprint density at radius 1 is 1.00 bits per heavy atom. The summed E-state index contributed by atoms with van der Waals surface area (Å²) in [6.07, 6.45) is 1.69. The first-order valence-corrected chi connectivity index (χ1v) is 13.2. The maximum absolute atomic E-state index is 13.8. The molecule has 2 aromatic rings. The summed E-state index contributed by atoms with van der Waals surface area (Å²) >= 11 is 17.5. The van der Waals surface area contributed by atoms with E-state index in [4.69, 9.17) is 23.2 Å². The number of alkyl halides is 3. The molecule has 4 aliphatic rings. The van der Waals surface area contributed by atoms with Crippen LogP contribution in [-0.2, 0) is 19.2 Å². The van der Waals surface area contributed by atoms with E-state index >= 15 is 0 Å². The SMILES string of the molecule is O=C1[C@H]2[C@H](CC=C3[C@H]2C[C@@]2(Cl)C(=O)N(CBr)C(=O)[C@@]2(Cl)[C@H]3c2c(O)ccc3ccccc23)C(=O)N1O. The second-order valence-corrected chi connectivity index (χ2v) is 11.4. The van der Waals surface area contributed by atoms with Crippen LogP contribution in [0.1, 0.15) is 24.3 Å². The Labute approximate surface area is 223 Å². The number of likely N-dealkylation sites (tertiary alicyclic amines) is 1. The van der Waals surface area contributed by atoms with Crippen molar-refractivity contribution in [1.29, 1.82) is 0 Å². The van der Waals surface area contributed by atoms with E-state index in [0.717, 1.165) is 10.3 Å². The molecule has 1 saturated carbocycles. The van der Waals surface area contributed by atoms with Gasteiger partial charge in [0, 0.05) is 11.5 Å². The second kappa shape index (κ2) is 7.77. The topological polar surface area (TPSA) is 115 Å². The van der Waals surface area contributed by atoms with Crippen LogP contribution in [0.2, 0.25) is 0 Å². The summed E-state index contributed by atoms with van der Waals surface area (Å²) in [4.78, 5) is 49.9. The number of nitrogens with zero attached hydrogens (tertiary/aromatic N) is 2. The maximum atomic E-state index is 13.8. The van der Waals surface area contributed by atoms with Gasteiger partial charge in [0.25, 0.3) is 23.6 Å². The van der Waals surface area contributed by atoms with Crippen molar-refractivity contribution in [1.82, 2.24) is 9.96 Å². The lowest BCUT2D eigenvalue weighted by molar-refractivity contribution is -0.173. The average Bonchev–Trinajstić information content (AvgIpc) is 3.17. The van der Waals surface area contributed by atoms with E-state index < -0.39 is 57.0 Å². The van der Waals surface area contributed by atoms with Crippen molar-refractivity contribution in [3.63, 3.8) is 0 Å². The number of imide groups is 2. The Morgan fingerprint density at radius 2 is 1.72 bits per heavy atom. The van der Waals surface area contributed by atoms with E-state index in [1.54, 1.807) is 24.3 Å². The summed E-state index contributed by atoms with van der Waals surface area (Å²) in [5.74, 6) is -6.71. The van der Waals surface area contributed by atoms with Gasteiger partial charge in [0.15, 0.2) is 9.75 Å². The van der Waals surface area contributed by atoms with Crippen LogP contribution < -0.4 is 0 Å². The summed E-state index contributed by atoms with van der Waals surface area (Å²) in [7, 11) is 0. The van der Waals surface area contributed by atoms with Gasteiger partial charge in [-0.3, -0.25) is 29.3 Å². The minimum Gasteiger partial charge on any atom is -0.508 e. The number of hydroxylamine groups is 2. The highest BCUT2D eigenvalue weighted by atomic mass is 79.9. The van der Waals surface area contributed by atoms with Crippen LogP contribution in [0, 0.1) is 17.8 Å². The third-order valence-corrected chi connectivity index (χ3v) is 10.1. The van der Waals surface area contributed by atoms with E-state index in [2.05, 4.69) is 15.9 Å². The number of carbonyl (C=O) groups is 4. The predicted molar refractivity (Wildman–Crippen MR) is 133 cm³/mol. The number of rotatable bonds is 2. The largest absolute Gasteiger partial charge is 0.508 e. The predicted octanol–water partition coefficient (Wildman–Crippen LogP) is 3.65. The third kappa shape index (κ3) is 2.69. The smallest absolute Gasteiger partial charge is 0.257 e. The van der Waals surface area contributed by atoms with Crippen LogP contribution in [0.25, 0.3) is 10.8 Å². The van der Waals surface area contributed by atoms with Crippen molar-refractivity contribution in [3.05, 3.63) is 53.6 Å². The summed E-state index contributed by atoms with van der Waals surface area (Å²) in [5, 5.41) is 22.8. The molecule has 0 unspecified atom stereocenters. The second-order valence-electron chi connectivity index (χ2n) is 9.69. The van der Waals surface area contributed by atoms with Crippen LogP contribution in [0.3, 0.4) is 0 Å². The Morgan fingerprint density at radius 3 is 2.44 bits per heavy atom. The molecule has 0 aromatic heterocycles. The third-order valence-electron chi connectivity index (χ3n) is 8.23. The van der Waals surface area contributed by atoms with Crippen molar-refractivity contribution in [2.24, 2.45) is 17.8 Å². The van der Waals surface area contributed by atoms with Gasteiger partial charge in [0.2, 0.25) is 0 Å². The highest BCUT2D eigenvalue weighted by Gasteiger charge is 2.76. The molecule has 2 aromatic carbocycles. The number of carbonyl (C=O) groups excluding carboxylic acids is 4. The van der Waals surface area contributed by atoms with Crippen molar-refractivity contribution < 1.29 is 29.5 Å². The molecular weight excluding hydrogens is 575 g/mol. The quantitative estimate of drug-likeness (QED) is 0.181. The summed E-state index contributed by atoms with van der Waals surface area (Å²) in [6, 6.07) is 10.4. The zero-order valence-electron chi connectivity index (χ0n) is 18.5. The number of fused-ring (bicyclic) bond motifs is 5. The molecule has 8 nitrogen and oxygen atoms in total. The first kappa shape index (κ1) is 23.9. The van der Waals surface area contributed by atoms with Gasteiger partial charge in [-0.15, -0.1) is 23.2 Å². The zero-order chi connectivity index (χ0) is 25.7. The summed E-state index contributed by atoms with van der Waals surface area (Å²) < 4.78 is 0. The van der Waals surface area contributed by atoms with Crippen LogP contribution in [0.4, 0.5) is 0 Å². The molecule has 4 amide bonds. The fourth-order valence-corrected chi connectivity index (χ4v) is 8.05. The van der Waals surface area contributed by atoms with Gasteiger partial charge in [-0.25, -0.2) is 0 Å². The number of hydrogen-bond donors (Lipinski definition) is 2. The van der Waals surface area contributed by atoms with E-state index in [9.17, 15) is 29.5 Å². The van der Waals surface area contributed by atoms with E-state index in [1.165, 1.54) is 6.07 Å². The van der Waals surface area contributed by atoms with Crippen LogP contribution in [0.5, 0.6) is 5.75 Å². The molecule has 0 radical (unpaired) electrons. The Bertz CT molecular complexity index is 1430. The van der Waals surface area contributed by atoms with Crippen LogP contribution >= 0.6 is 39.1 Å². The van der Waals surface area contributed by atoms with E-state index in [1.807, 2.05) is 12.1 Å². The molecule has 2 aliphatic heterocycles. The molecule has 2 saturated heterocycles. The molecule has 2 N–H and O–H groups in total. The monoisotopic (exact) mass is 592 g/mol. The van der Waals surface area contributed by atoms with Gasteiger partial charge in [-0.05, 0) is 35.6 Å². The van der Waals surface area contributed by atoms with Gasteiger partial charge in [0.1, 0.15) is 5.75 Å². The molecule has 6 atom stereocenters. The fourth-order valence-electron chi connectivity index (χ4n) is 6.64. The number of benzene rings is 2. The Kier molecular flexibility index (Phi) is 5.16. The molecule has 2 aliphatic carbocycles. The number of hydrogen-bond acceptors (Lipinski definition) is 6. The van der Waals surface area contributed by atoms with Crippen molar-refractivity contribution in [3.8, 4) is 5.75 Å². The van der Waals surface area contributed by atoms with Gasteiger partial charge in [-0.1, -0.05) is 57.9 Å². The molecular formula is C25H19BrCl2N2O6. The molecule has 0 spiro atoms. The first-order chi connectivity index (χ1) is 17.1. The molecule has 3 fully saturated rings. The van der Waals surface area contributed by atoms with E-state index in [-0.39, 0.29) is 29.1 Å². The normalized spacial score (nSPS) is 35.7. The van der Waals surface area contributed by atoms with Crippen molar-refractivity contribution in [2.45, 2.75) is 28.5 Å².